The molecule has 148 valence electrons. The van der Waals surface area contributed by atoms with Crippen LogP contribution in [0.25, 0.3) is 0 Å². The second-order valence-electron chi connectivity index (χ2n) is 8.38. The number of likely N-dealkylation sites (tertiary alicyclic amines) is 2. The van der Waals surface area contributed by atoms with Crippen LogP contribution in [0.15, 0.2) is 42.6 Å². The van der Waals surface area contributed by atoms with Gasteiger partial charge < -0.3 is 4.90 Å². The fourth-order valence-corrected chi connectivity index (χ4v) is 4.53. The predicted molar refractivity (Wildman–Crippen MR) is 112 cm³/mol. The van der Waals surface area contributed by atoms with Gasteiger partial charge in [0.2, 0.25) is 0 Å². The average Bonchev–Trinajstić information content (AvgIpc) is 3.23. The van der Waals surface area contributed by atoms with Crippen molar-refractivity contribution in [1.82, 2.24) is 14.8 Å². The second kappa shape index (κ2) is 8.87. The van der Waals surface area contributed by atoms with Crippen LogP contribution in [-0.2, 0) is 13.0 Å². The molecule has 4 rings (SSSR count). The summed E-state index contributed by atoms with van der Waals surface area (Å²) in [5.41, 5.74) is 4.43. The van der Waals surface area contributed by atoms with Crippen LogP contribution in [0, 0.1) is 12.8 Å². The molecular weight excluding hydrogens is 346 g/mol. The van der Waals surface area contributed by atoms with Crippen molar-refractivity contribution in [3.63, 3.8) is 0 Å². The smallest absolute Gasteiger partial charge is 0.255 e. The molecule has 2 aromatic rings. The molecule has 2 fully saturated rings. The van der Waals surface area contributed by atoms with E-state index in [-0.39, 0.29) is 5.91 Å². The first-order chi connectivity index (χ1) is 13.7. The molecule has 0 saturated carbocycles. The molecule has 2 aliphatic heterocycles. The highest BCUT2D eigenvalue weighted by Crippen LogP contribution is 2.24. The van der Waals surface area contributed by atoms with Gasteiger partial charge in [0, 0.05) is 31.5 Å². The number of carbonyl (C=O) groups excluding carboxylic acids is 1. The standard InChI is InChI=1S/C24H31N3O/c1-19-23(5-4-12-25-19)24(28)27-15-10-21(11-16-27)17-20-6-8-22(9-7-20)18-26-13-2-3-14-26/h4-9,12,21H,2-3,10-11,13-18H2,1H3. The Balaban J connectivity index is 1.27. The normalized spacial score (nSPS) is 18.5. The highest BCUT2D eigenvalue weighted by Gasteiger charge is 2.24. The Hall–Kier alpha value is -2.20. The third-order valence-electron chi connectivity index (χ3n) is 6.29. The lowest BCUT2D eigenvalue weighted by Crippen LogP contribution is -2.39. The van der Waals surface area contributed by atoms with Gasteiger partial charge in [0.1, 0.15) is 0 Å². The van der Waals surface area contributed by atoms with Gasteiger partial charge in [-0.05, 0) is 81.3 Å². The number of hydrogen-bond acceptors (Lipinski definition) is 3. The molecule has 4 heteroatoms. The Kier molecular flexibility index (Phi) is 6.06. The van der Waals surface area contributed by atoms with Crippen LogP contribution in [0.5, 0.6) is 0 Å². The van der Waals surface area contributed by atoms with Crippen LogP contribution in [0.4, 0.5) is 0 Å². The number of aryl methyl sites for hydroxylation is 1. The maximum Gasteiger partial charge on any atom is 0.255 e. The topological polar surface area (TPSA) is 36.4 Å². The number of rotatable bonds is 5. The summed E-state index contributed by atoms with van der Waals surface area (Å²) in [6.07, 6.45) is 7.73. The Morgan fingerprint density at radius 2 is 1.68 bits per heavy atom. The summed E-state index contributed by atoms with van der Waals surface area (Å²) >= 11 is 0. The molecule has 0 N–H and O–H groups in total. The predicted octanol–water partition coefficient (Wildman–Crippen LogP) is 4.08. The molecule has 0 spiro atoms. The van der Waals surface area contributed by atoms with E-state index in [0.717, 1.165) is 50.2 Å². The SMILES string of the molecule is Cc1ncccc1C(=O)N1CCC(Cc2ccc(CN3CCCC3)cc2)CC1. The number of piperidine rings is 1. The Morgan fingerprint density at radius 3 is 2.36 bits per heavy atom. The van der Waals surface area contributed by atoms with E-state index in [1.165, 1.54) is 37.1 Å². The van der Waals surface area contributed by atoms with Crippen LogP contribution in [0.2, 0.25) is 0 Å². The summed E-state index contributed by atoms with van der Waals surface area (Å²) in [6, 6.07) is 13.0. The van der Waals surface area contributed by atoms with Crippen LogP contribution in [0.1, 0.15) is 52.9 Å². The van der Waals surface area contributed by atoms with Gasteiger partial charge in [0.15, 0.2) is 0 Å². The van der Waals surface area contributed by atoms with Gasteiger partial charge in [0.05, 0.1) is 5.56 Å². The minimum absolute atomic E-state index is 0.135. The zero-order chi connectivity index (χ0) is 19.3. The molecule has 0 atom stereocenters. The summed E-state index contributed by atoms with van der Waals surface area (Å²) in [4.78, 5) is 21.5. The quantitative estimate of drug-likeness (QED) is 0.788. The minimum Gasteiger partial charge on any atom is -0.339 e. The number of amides is 1. The number of nitrogens with zero attached hydrogens (tertiary/aromatic N) is 3. The van der Waals surface area contributed by atoms with E-state index >= 15 is 0 Å². The largest absolute Gasteiger partial charge is 0.339 e. The van der Waals surface area contributed by atoms with Gasteiger partial charge in [-0.2, -0.15) is 0 Å². The van der Waals surface area contributed by atoms with Crippen LogP contribution in [-0.4, -0.2) is 46.9 Å². The Bertz CT molecular complexity index is 788. The fourth-order valence-electron chi connectivity index (χ4n) is 4.53. The van der Waals surface area contributed by atoms with Gasteiger partial charge in [-0.15, -0.1) is 0 Å². The Morgan fingerprint density at radius 1 is 1.00 bits per heavy atom. The number of benzene rings is 1. The van der Waals surface area contributed by atoms with Gasteiger partial charge in [-0.3, -0.25) is 14.7 Å². The molecule has 0 unspecified atom stereocenters. The molecule has 0 bridgehead atoms. The summed E-state index contributed by atoms with van der Waals surface area (Å²) in [5, 5.41) is 0. The summed E-state index contributed by atoms with van der Waals surface area (Å²) < 4.78 is 0. The van der Waals surface area contributed by atoms with Crippen molar-refractivity contribution in [2.24, 2.45) is 5.92 Å². The average molecular weight is 378 g/mol. The van der Waals surface area contributed by atoms with E-state index in [0.29, 0.717) is 5.92 Å². The second-order valence-corrected chi connectivity index (χ2v) is 8.38. The molecule has 3 heterocycles. The lowest BCUT2D eigenvalue weighted by atomic mass is 9.89. The van der Waals surface area contributed by atoms with Gasteiger partial charge in [-0.1, -0.05) is 24.3 Å². The van der Waals surface area contributed by atoms with Crippen LogP contribution < -0.4 is 0 Å². The number of carbonyl (C=O) groups is 1. The minimum atomic E-state index is 0.135. The number of hydrogen-bond donors (Lipinski definition) is 0. The van der Waals surface area contributed by atoms with E-state index in [1.807, 2.05) is 24.0 Å². The van der Waals surface area contributed by atoms with Crippen molar-refractivity contribution in [3.8, 4) is 0 Å². The first kappa shape index (κ1) is 19.1. The molecular formula is C24H31N3O. The lowest BCUT2D eigenvalue weighted by molar-refractivity contribution is 0.0689. The van der Waals surface area contributed by atoms with Crippen LogP contribution in [0.3, 0.4) is 0 Å². The molecule has 1 aromatic heterocycles. The molecule has 4 nitrogen and oxygen atoms in total. The third kappa shape index (κ3) is 4.61. The molecule has 2 aliphatic rings. The van der Waals surface area contributed by atoms with E-state index in [9.17, 15) is 4.79 Å². The van der Waals surface area contributed by atoms with Gasteiger partial charge in [0.25, 0.3) is 5.91 Å². The summed E-state index contributed by atoms with van der Waals surface area (Å²) in [7, 11) is 0. The highest BCUT2D eigenvalue weighted by atomic mass is 16.2. The van der Waals surface area contributed by atoms with Crippen molar-refractivity contribution in [2.45, 2.75) is 45.6 Å². The molecule has 0 aliphatic carbocycles. The first-order valence-corrected chi connectivity index (χ1v) is 10.7. The van der Waals surface area contributed by atoms with E-state index in [1.54, 1.807) is 6.20 Å². The van der Waals surface area contributed by atoms with Crippen molar-refractivity contribution >= 4 is 5.91 Å². The number of aromatic nitrogens is 1. The zero-order valence-electron chi connectivity index (χ0n) is 16.9. The maximum atomic E-state index is 12.7. The molecule has 1 amide bonds. The summed E-state index contributed by atoms with van der Waals surface area (Å²) in [5.74, 6) is 0.804. The van der Waals surface area contributed by atoms with Gasteiger partial charge >= 0.3 is 0 Å². The van der Waals surface area contributed by atoms with Gasteiger partial charge in [-0.25, -0.2) is 0 Å². The lowest BCUT2D eigenvalue weighted by Gasteiger charge is -2.32. The van der Waals surface area contributed by atoms with Crippen molar-refractivity contribution in [1.29, 1.82) is 0 Å². The molecule has 0 radical (unpaired) electrons. The fraction of sp³-hybridized carbons (Fsp3) is 0.500. The molecule has 2 saturated heterocycles. The van der Waals surface area contributed by atoms with Crippen molar-refractivity contribution < 1.29 is 4.79 Å². The molecule has 28 heavy (non-hydrogen) atoms. The van der Waals surface area contributed by atoms with E-state index in [4.69, 9.17) is 0 Å². The van der Waals surface area contributed by atoms with E-state index in [2.05, 4.69) is 34.1 Å². The van der Waals surface area contributed by atoms with E-state index < -0.39 is 0 Å². The van der Waals surface area contributed by atoms with Crippen LogP contribution >= 0.6 is 0 Å². The maximum absolute atomic E-state index is 12.7. The summed E-state index contributed by atoms with van der Waals surface area (Å²) in [6.45, 7) is 7.20. The van der Waals surface area contributed by atoms with Crippen molar-refractivity contribution in [3.05, 3.63) is 65.0 Å². The van der Waals surface area contributed by atoms with Crippen molar-refractivity contribution in [2.75, 3.05) is 26.2 Å². The molecule has 1 aromatic carbocycles. The first-order valence-electron chi connectivity index (χ1n) is 10.7. The third-order valence-corrected chi connectivity index (χ3v) is 6.29. The zero-order valence-corrected chi connectivity index (χ0v) is 16.9. The Labute approximate surface area is 168 Å². The number of pyridine rings is 1. The monoisotopic (exact) mass is 377 g/mol. The highest BCUT2D eigenvalue weighted by molar-refractivity contribution is 5.95.